The minimum atomic E-state index is -4.56. The fourth-order valence-electron chi connectivity index (χ4n) is 5.70. The summed E-state index contributed by atoms with van der Waals surface area (Å²) in [6.45, 7) is 8.56. The predicted octanol–water partition coefficient (Wildman–Crippen LogP) is 4.70. The van der Waals surface area contributed by atoms with Crippen LogP contribution in [0.5, 0.6) is 0 Å². The lowest BCUT2D eigenvalue weighted by Gasteiger charge is -2.24. The second kappa shape index (κ2) is 11.2. The normalized spacial score (nSPS) is 23.4. The molecule has 1 aromatic heterocycles. The van der Waals surface area contributed by atoms with E-state index in [1.807, 2.05) is 0 Å². The van der Waals surface area contributed by atoms with Gasteiger partial charge in [-0.1, -0.05) is 30.3 Å². The summed E-state index contributed by atoms with van der Waals surface area (Å²) in [5.41, 5.74) is -2.66. The van der Waals surface area contributed by atoms with Crippen molar-refractivity contribution in [1.29, 1.82) is 0 Å². The molecule has 0 radical (unpaired) electrons. The number of benzene rings is 2. The number of para-hydroxylation sites is 1. The molecular formula is C31H33F3N4O6S. The molecule has 10 nitrogen and oxygen atoms in total. The van der Waals surface area contributed by atoms with Crippen molar-refractivity contribution in [3.63, 3.8) is 0 Å². The standard InChI is InChI=1S/C31H33F3N4O6S/c1-5-20-15-30(20,27(40)37-45(42,43)24-8-6-7-19-13-14-35-25(19)24)36-26(39)23-17-38(28(41)44-29(2,3)4)16-22(23)18-9-11-21(12-10-18)31(32,33)34/h5-14,20,22-23,35H,1,15-17H2,2-4H3,(H,36,39)(H,37,40)/t20?,22-,23+,30?/m1/s1. The van der Waals surface area contributed by atoms with Crippen molar-refractivity contribution < 1.29 is 40.7 Å². The first kappa shape index (κ1) is 32.1. The van der Waals surface area contributed by atoms with Gasteiger partial charge in [0.05, 0.1) is 17.0 Å². The van der Waals surface area contributed by atoms with Crippen LogP contribution in [-0.4, -0.2) is 60.4 Å². The van der Waals surface area contributed by atoms with E-state index in [1.54, 1.807) is 39.1 Å². The largest absolute Gasteiger partial charge is 0.444 e. The molecule has 3 N–H and O–H groups in total. The van der Waals surface area contributed by atoms with Crippen LogP contribution in [0.15, 0.2) is 72.3 Å². The number of likely N-dealkylation sites (tertiary alicyclic amines) is 1. The van der Waals surface area contributed by atoms with Crippen molar-refractivity contribution in [2.45, 2.75) is 55.3 Å². The first-order valence-electron chi connectivity index (χ1n) is 14.2. The molecule has 1 saturated carbocycles. The number of alkyl halides is 3. The van der Waals surface area contributed by atoms with E-state index >= 15 is 0 Å². The maximum absolute atomic E-state index is 13.9. The van der Waals surface area contributed by atoms with Crippen LogP contribution in [0.1, 0.15) is 44.2 Å². The number of aromatic amines is 1. The van der Waals surface area contributed by atoms with E-state index in [-0.39, 0.29) is 24.4 Å². The number of carbonyl (C=O) groups excluding carboxylic acids is 3. The molecule has 0 spiro atoms. The fraction of sp³-hybridized carbons (Fsp3) is 0.387. The van der Waals surface area contributed by atoms with Crippen molar-refractivity contribution in [3.8, 4) is 0 Å². The molecule has 3 aromatic rings. The van der Waals surface area contributed by atoms with Gasteiger partial charge in [-0.25, -0.2) is 17.9 Å². The number of fused-ring (bicyclic) bond motifs is 1. The topological polar surface area (TPSA) is 138 Å². The number of carbonyl (C=O) groups is 3. The predicted molar refractivity (Wildman–Crippen MR) is 158 cm³/mol. The summed E-state index contributed by atoms with van der Waals surface area (Å²) in [7, 11) is -4.37. The van der Waals surface area contributed by atoms with Gasteiger partial charge in [0.25, 0.3) is 15.9 Å². The van der Waals surface area contributed by atoms with Crippen LogP contribution < -0.4 is 10.0 Å². The number of nitrogens with zero attached hydrogens (tertiary/aromatic N) is 1. The van der Waals surface area contributed by atoms with Gasteiger partial charge in [-0.2, -0.15) is 13.2 Å². The molecule has 240 valence electrons. The minimum absolute atomic E-state index is 0.0308. The second-order valence-electron chi connectivity index (χ2n) is 12.4. The van der Waals surface area contributed by atoms with Crippen molar-refractivity contribution in [2.75, 3.05) is 13.1 Å². The highest BCUT2D eigenvalue weighted by Gasteiger charge is 2.61. The van der Waals surface area contributed by atoms with Gasteiger partial charge in [0, 0.05) is 36.5 Å². The number of ether oxygens (including phenoxy) is 1. The van der Waals surface area contributed by atoms with E-state index in [9.17, 15) is 36.0 Å². The molecule has 5 rings (SSSR count). The number of nitrogens with one attached hydrogen (secondary N) is 3. The van der Waals surface area contributed by atoms with Crippen LogP contribution in [0, 0.1) is 11.8 Å². The van der Waals surface area contributed by atoms with Gasteiger partial charge in [-0.05, 0) is 57.0 Å². The Bertz CT molecular complexity index is 1760. The Morgan fingerprint density at radius 2 is 1.76 bits per heavy atom. The molecule has 14 heteroatoms. The van der Waals surface area contributed by atoms with Crippen LogP contribution in [-0.2, 0) is 30.5 Å². The van der Waals surface area contributed by atoms with E-state index in [4.69, 9.17) is 4.74 Å². The summed E-state index contributed by atoms with van der Waals surface area (Å²) in [5.74, 6) is -3.96. The average Bonchev–Trinajstić information content (AvgIpc) is 3.26. The van der Waals surface area contributed by atoms with Gasteiger partial charge in [-0.3, -0.25) is 9.59 Å². The van der Waals surface area contributed by atoms with Crippen LogP contribution in [0.3, 0.4) is 0 Å². The van der Waals surface area contributed by atoms with Crippen LogP contribution in [0.4, 0.5) is 18.0 Å². The zero-order valence-electron chi connectivity index (χ0n) is 24.8. The second-order valence-corrected chi connectivity index (χ2v) is 14.0. The molecule has 2 unspecified atom stereocenters. The molecule has 0 bridgehead atoms. The summed E-state index contributed by atoms with van der Waals surface area (Å²) >= 11 is 0. The number of aromatic nitrogens is 1. The lowest BCUT2D eigenvalue weighted by Crippen LogP contribution is -2.53. The first-order chi connectivity index (χ1) is 20.9. The first-order valence-corrected chi connectivity index (χ1v) is 15.7. The third kappa shape index (κ3) is 6.42. The lowest BCUT2D eigenvalue weighted by molar-refractivity contribution is -0.137. The number of H-pyrrole nitrogens is 1. The van der Waals surface area contributed by atoms with Crippen molar-refractivity contribution >= 4 is 38.8 Å². The van der Waals surface area contributed by atoms with Gasteiger partial charge in [-0.15, -0.1) is 6.58 Å². The quantitative estimate of drug-likeness (QED) is 0.318. The van der Waals surface area contributed by atoms with E-state index in [0.29, 0.717) is 16.5 Å². The Morgan fingerprint density at radius 1 is 1.07 bits per heavy atom. The average molecular weight is 647 g/mol. The van der Waals surface area contributed by atoms with Gasteiger partial charge >= 0.3 is 12.3 Å². The summed E-state index contributed by atoms with van der Waals surface area (Å²) in [4.78, 5) is 44.4. The summed E-state index contributed by atoms with van der Waals surface area (Å²) in [5, 5.41) is 3.33. The van der Waals surface area contributed by atoms with Crippen LogP contribution in [0.2, 0.25) is 0 Å². The van der Waals surface area contributed by atoms with Crippen molar-refractivity contribution in [2.24, 2.45) is 11.8 Å². The van der Waals surface area contributed by atoms with Gasteiger partial charge in [0.1, 0.15) is 16.0 Å². The number of rotatable bonds is 7. The van der Waals surface area contributed by atoms with E-state index < -0.39 is 68.6 Å². The van der Waals surface area contributed by atoms with E-state index in [1.165, 1.54) is 35.2 Å². The third-order valence-corrected chi connectivity index (χ3v) is 9.46. The summed E-state index contributed by atoms with van der Waals surface area (Å²) in [6, 6.07) is 10.6. The van der Waals surface area contributed by atoms with Gasteiger partial charge in [0.2, 0.25) is 5.91 Å². The highest BCUT2D eigenvalue weighted by atomic mass is 32.2. The van der Waals surface area contributed by atoms with Crippen LogP contribution in [0.25, 0.3) is 10.9 Å². The Hall–Kier alpha value is -4.33. The van der Waals surface area contributed by atoms with E-state index in [0.717, 1.165) is 12.1 Å². The molecule has 1 aliphatic carbocycles. The molecule has 2 fully saturated rings. The Balaban J connectivity index is 1.41. The number of amides is 3. The molecule has 1 saturated heterocycles. The Kier molecular flexibility index (Phi) is 8.01. The maximum atomic E-state index is 13.9. The highest BCUT2D eigenvalue weighted by molar-refractivity contribution is 7.90. The van der Waals surface area contributed by atoms with Crippen LogP contribution >= 0.6 is 0 Å². The molecule has 45 heavy (non-hydrogen) atoms. The molecule has 2 aliphatic rings. The molecule has 2 heterocycles. The zero-order valence-corrected chi connectivity index (χ0v) is 25.6. The smallest absolute Gasteiger partial charge is 0.416 e. The monoisotopic (exact) mass is 646 g/mol. The number of hydrogen-bond acceptors (Lipinski definition) is 6. The molecule has 1 aliphatic heterocycles. The third-order valence-electron chi connectivity index (χ3n) is 8.09. The Morgan fingerprint density at radius 3 is 2.36 bits per heavy atom. The molecule has 4 atom stereocenters. The summed E-state index contributed by atoms with van der Waals surface area (Å²) < 4.78 is 73.9. The Labute approximate surface area is 258 Å². The van der Waals surface area contributed by atoms with Gasteiger partial charge < -0.3 is 19.9 Å². The summed E-state index contributed by atoms with van der Waals surface area (Å²) in [6.07, 6.45) is -2.19. The number of hydrogen-bond donors (Lipinski definition) is 3. The minimum Gasteiger partial charge on any atom is -0.444 e. The van der Waals surface area contributed by atoms with Crippen molar-refractivity contribution in [3.05, 3.63) is 78.5 Å². The number of sulfonamides is 1. The lowest BCUT2D eigenvalue weighted by atomic mass is 9.87. The highest BCUT2D eigenvalue weighted by Crippen LogP contribution is 2.46. The van der Waals surface area contributed by atoms with Crippen molar-refractivity contribution in [1.82, 2.24) is 19.9 Å². The van der Waals surface area contributed by atoms with Gasteiger partial charge in [0.15, 0.2) is 0 Å². The molecular weight excluding hydrogens is 613 g/mol. The number of halogens is 3. The molecule has 2 aromatic carbocycles. The maximum Gasteiger partial charge on any atom is 0.416 e. The SMILES string of the molecule is C=CC1CC1(NC(=O)[C@H]1CN(C(=O)OC(C)(C)C)C[C@@H]1c1ccc(C(F)(F)F)cc1)C(=O)NS(=O)(=O)c1cccc2cc[nH]c12. The zero-order chi connectivity index (χ0) is 32.9. The molecule has 3 amide bonds. The fourth-order valence-corrected chi connectivity index (χ4v) is 6.94. The van der Waals surface area contributed by atoms with E-state index in [2.05, 4.69) is 21.6 Å².